The number of rotatable bonds is 12. The molecule has 1 saturated heterocycles. The zero-order valence-electron chi connectivity index (χ0n) is 34.1. The van der Waals surface area contributed by atoms with Gasteiger partial charge in [-0.15, -0.1) is 5.76 Å². The van der Waals surface area contributed by atoms with Crippen LogP contribution in [-0.2, 0) is 34.7 Å². The number of methoxy groups -OCH3 is 1. The molecule has 0 aliphatic carbocycles. The van der Waals surface area contributed by atoms with E-state index in [9.17, 15) is 24.9 Å². The zero-order valence-corrected chi connectivity index (χ0v) is 35.7. The summed E-state index contributed by atoms with van der Waals surface area (Å²) in [6.07, 6.45) is 6.18. The van der Waals surface area contributed by atoms with Gasteiger partial charge >= 0.3 is 26.4 Å². The van der Waals surface area contributed by atoms with E-state index in [4.69, 9.17) is 19.7 Å². The van der Waals surface area contributed by atoms with Crippen LogP contribution in [-0.4, -0.2) is 91.9 Å². The van der Waals surface area contributed by atoms with Crippen LogP contribution in [0.4, 0.5) is 0 Å². The molecule has 8 bridgehead atoms. The number of carbonyl (C=O) groups excluding carboxylic acids is 2. The van der Waals surface area contributed by atoms with Crippen LogP contribution in [0.15, 0.2) is 100 Å². The van der Waals surface area contributed by atoms with Gasteiger partial charge in [0.25, 0.3) is 0 Å². The van der Waals surface area contributed by atoms with Crippen LogP contribution in [0.3, 0.4) is 0 Å². The average Bonchev–Trinajstić information content (AvgIpc) is 3.81. The third-order valence-electron chi connectivity index (χ3n) is 11.0. The second-order valence-electron chi connectivity index (χ2n) is 15.3. The van der Waals surface area contributed by atoms with Crippen LogP contribution in [0.25, 0.3) is 0 Å². The number of esters is 1. The number of hydrogen-bond donors (Lipinski definition) is 3. The quantitative estimate of drug-likeness (QED) is 0.0879. The molecule has 1 amide bonds. The molecule has 3 N–H and O–H groups in total. The second-order valence-corrected chi connectivity index (χ2v) is 15.3. The van der Waals surface area contributed by atoms with Crippen LogP contribution < -0.4 is 20.8 Å². The molecule has 0 aromatic heterocycles. The van der Waals surface area contributed by atoms with E-state index in [1.165, 1.54) is 7.11 Å². The van der Waals surface area contributed by atoms with Crippen molar-refractivity contribution >= 4 is 34.9 Å². The molecule has 14 heteroatoms. The number of allylic oxidation sites excluding steroid dienone is 10. The number of carbonyl (C=O) groups is 2. The number of hydrogen-bond acceptors (Lipinski definition) is 12. The molecule has 0 spiro atoms. The zero-order chi connectivity index (χ0) is 40.3. The molecule has 0 unspecified atom stereocenters. The molecule has 56 heavy (non-hydrogen) atoms. The maximum atomic E-state index is 14.2. The first kappa shape index (κ1) is 44.5. The number of aliphatic hydroxyl groups excluding tert-OH is 1. The van der Waals surface area contributed by atoms with E-state index in [1.54, 1.807) is 13.8 Å². The first-order valence-electron chi connectivity index (χ1n) is 19.2. The normalized spacial score (nSPS) is 24.9. The Balaban J connectivity index is 0.00000696. The monoisotopic (exact) mass is 859 g/mol. The molecular formula is C42H55N7O6Pd. The number of aliphatic hydroxyl groups is 1. The van der Waals surface area contributed by atoms with Gasteiger partial charge in [-0.1, -0.05) is 27.7 Å². The van der Waals surface area contributed by atoms with Gasteiger partial charge in [0, 0.05) is 71.4 Å². The number of amides is 1. The van der Waals surface area contributed by atoms with E-state index in [2.05, 4.69) is 29.5 Å². The minimum Gasteiger partial charge on any atom is -0.875 e. The fraction of sp³-hybridized carbons (Fsp3) is 0.524. The van der Waals surface area contributed by atoms with E-state index >= 15 is 0 Å². The van der Waals surface area contributed by atoms with Gasteiger partial charge in [-0.2, -0.15) is 0 Å². The summed E-state index contributed by atoms with van der Waals surface area (Å²) in [6.45, 7) is 14.1. The van der Waals surface area contributed by atoms with Gasteiger partial charge in [0.15, 0.2) is 0 Å². The topological polar surface area (TPSA) is 186 Å². The van der Waals surface area contributed by atoms with Gasteiger partial charge in [-0.05, 0) is 88.6 Å². The standard InChI is InChI=1S/C42H57N7O6.Pd/c1-11-27-22(3)30-19-35-38(26(7)51)24(5)32(46-35)17-31-23(4)28(12-13-36(52)44-20-21(2)50)40(47-31)29(16-37(53)55-10)41-39(42(54)43-14-15-49(8)9)25(6)33(48-41)18-34(27)45-30;/h17-19,21-23,27-28,45,50-51H,11-16,20H2,1-10H3,(H,43,54)(H,44,52);/q;+2/p-2/b30-19?,31-17?,34-18?,38-26+,41-29?;/t21-,22+,23-,27+,28-;/m0./s1. The van der Waals surface area contributed by atoms with Crippen molar-refractivity contribution in [3.05, 3.63) is 80.3 Å². The van der Waals surface area contributed by atoms with Crippen molar-refractivity contribution in [1.82, 2.24) is 15.5 Å². The number of likely N-dealkylation sites (N-methyl/N-ethyl adjacent to an activating group) is 1. The Morgan fingerprint density at radius 2 is 1.73 bits per heavy atom. The van der Waals surface area contributed by atoms with Crippen molar-refractivity contribution in [2.75, 3.05) is 40.8 Å². The molecule has 13 nitrogen and oxygen atoms in total. The second kappa shape index (κ2) is 18.8. The molecule has 0 radical (unpaired) electrons. The molecule has 0 aromatic carbocycles. The van der Waals surface area contributed by atoms with E-state index in [-0.39, 0.29) is 81.7 Å². The maximum Gasteiger partial charge on any atom is 2.00 e. The molecular weight excluding hydrogens is 805 g/mol. The van der Waals surface area contributed by atoms with Gasteiger partial charge in [-0.25, -0.2) is 9.98 Å². The third kappa shape index (κ3) is 9.48. The Labute approximate surface area is 344 Å². The average molecular weight is 860 g/mol. The summed E-state index contributed by atoms with van der Waals surface area (Å²) in [6, 6.07) is 0. The SMILES string of the molecule is CC[C@H]1C2=CC3=NC(=C(CC(=O)OC)C4=NC(=CC5=C(C)/C(=C(/C)[O-])C(=N5)C=C(N2)[C@@H]1C)[C@@H](C)[C@@H]4CCC(=O)NC[C@H](C)O)C(C([O-])=NCCN(C)C)=C3C.[Pd+2]. The van der Waals surface area contributed by atoms with Crippen molar-refractivity contribution in [2.24, 2.45) is 43.6 Å². The minimum atomic E-state index is -0.700. The van der Waals surface area contributed by atoms with Crippen LogP contribution in [0, 0.1) is 23.7 Å². The smallest absolute Gasteiger partial charge is 0.875 e. The molecule has 5 rings (SSSR count). The predicted molar refractivity (Wildman–Crippen MR) is 212 cm³/mol. The maximum absolute atomic E-state index is 14.2. The molecule has 5 aliphatic rings. The molecule has 0 aromatic rings. The van der Waals surface area contributed by atoms with Crippen molar-refractivity contribution in [1.29, 1.82) is 0 Å². The van der Waals surface area contributed by atoms with Gasteiger partial charge in [0.05, 0.1) is 54.7 Å². The fourth-order valence-electron chi connectivity index (χ4n) is 7.83. The van der Waals surface area contributed by atoms with Crippen LogP contribution in [0.1, 0.15) is 74.1 Å². The summed E-state index contributed by atoms with van der Waals surface area (Å²) in [5.74, 6) is -1.77. The number of ether oxygens (including phenoxy) is 1. The largest absolute Gasteiger partial charge is 2.00 e. The number of nitrogens with zero attached hydrogens (tertiary/aromatic N) is 5. The Kier molecular flexibility index (Phi) is 15.0. The van der Waals surface area contributed by atoms with E-state index in [0.717, 1.165) is 23.4 Å². The molecule has 1 fully saturated rings. The van der Waals surface area contributed by atoms with E-state index in [1.807, 2.05) is 58.0 Å². The molecule has 0 saturated carbocycles. The number of fused-ring (bicyclic) bond motifs is 5. The first-order valence-corrected chi connectivity index (χ1v) is 19.2. The predicted octanol–water partition coefficient (Wildman–Crippen LogP) is 3.17. The Morgan fingerprint density at radius 3 is 2.36 bits per heavy atom. The number of nitrogens with one attached hydrogen (secondary N) is 2. The summed E-state index contributed by atoms with van der Waals surface area (Å²) >= 11 is 0. The van der Waals surface area contributed by atoms with Crippen molar-refractivity contribution in [3.8, 4) is 0 Å². The van der Waals surface area contributed by atoms with Gasteiger partial charge in [0.2, 0.25) is 5.91 Å². The summed E-state index contributed by atoms with van der Waals surface area (Å²) in [5, 5.41) is 43.4. The van der Waals surface area contributed by atoms with Crippen molar-refractivity contribution in [2.45, 2.75) is 80.3 Å². The van der Waals surface area contributed by atoms with Crippen LogP contribution >= 0.6 is 0 Å². The van der Waals surface area contributed by atoms with Gasteiger partial charge < -0.3 is 35.6 Å². The molecule has 5 atom stereocenters. The first-order chi connectivity index (χ1) is 26.1. The van der Waals surface area contributed by atoms with Gasteiger partial charge in [0.1, 0.15) is 0 Å². The summed E-state index contributed by atoms with van der Waals surface area (Å²) in [5.41, 5.74) is 7.71. The van der Waals surface area contributed by atoms with Gasteiger partial charge in [-0.3, -0.25) is 19.6 Å². The Morgan fingerprint density at radius 1 is 1.04 bits per heavy atom. The minimum absolute atomic E-state index is 0. The van der Waals surface area contributed by atoms with Crippen LogP contribution in [0.5, 0.6) is 0 Å². The third-order valence-corrected chi connectivity index (χ3v) is 11.0. The van der Waals surface area contributed by atoms with Crippen molar-refractivity contribution in [3.63, 3.8) is 0 Å². The van der Waals surface area contributed by atoms with Crippen molar-refractivity contribution < 1.29 is 50.1 Å². The molecule has 5 aliphatic heterocycles. The molecule has 5 heterocycles. The number of aliphatic imine (C=N–C) groups is 4. The summed E-state index contributed by atoms with van der Waals surface area (Å²) < 4.78 is 5.21. The summed E-state index contributed by atoms with van der Waals surface area (Å²) in [4.78, 5) is 48.0. The Hall–Kier alpha value is -4.22. The van der Waals surface area contributed by atoms with Crippen LogP contribution in [0.2, 0.25) is 0 Å². The van der Waals surface area contributed by atoms with E-state index in [0.29, 0.717) is 69.5 Å². The Bertz CT molecular complexity index is 1970. The fourth-order valence-corrected chi connectivity index (χ4v) is 7.83. The molecule has 304 valence electrons. The van der Waals surface area contributed by atoms with E-state index < -0.39 is 18.0 Å². The summed E-state index contributed by atoms with van der Waals surface area (Å²) in [7, 11) is 5.14.